The summed E-state index contributed by atoms with van der Waals surface area (Å²) in [4.78, 5) is 13.9. The highest BCUT2D eigenvalue weighted by Gasteiger charge is 2.24. The van der Waals surface area contributed by atoms with Crippen LogP contribution in [0.25, 0.3) is 6.08 Å². The van der Waals surface area contributed by atoms with Gasteiger partial charge in [-0.05, 0) is 30.5 Å². The van der Waals surface area contributed by atoms with Crippen LogP contribution in [0.2, 0.25) is 5.02 Å². The molecule has 1 saturated heterocycles. The van der Waals surface area contributed by atoms with E-state index in [0.717, 1.165) is 24.7 Å². The molecule has 2 rings (SSSR count). The normalized spacial score (nSPS) is 19.5. The predicted octanol–water partition coefficient (Wildman–Crippen LogP) is 1.89. The van der Waals surface area contributed by atoms with Gasteiger partial charge in [-0.2, -0.15) is 0 Å². The zero-order valence-corrected chi connectivity index (χ0v) is 13.9. The van der Waals surface area contributed by atoms with Crippen molar-refractivity contribution in [2.24, 2.45) is 0 Å². The van der Waals surface area contributed by atoms with Gasteiger partial charge in [-0.15, -0.1) is 0 Å². The van der Waals surface area contributed by atoms with Crippen molar-refractivity contribution in [2.45, 2.75) is 18.9 Å². The number of nitrogens with one attached hydrogen (secondary N) is 1. The van der Waals surface area contributed by atoms with Gasteiger partial charge in [0.25, 0.3) is 0 Å². The molecule has 0 aromatic heterocycles. The largest absolute Gasteiger partial charge is 0.338 e. The lowest BCUT2D eigenvalue weighted by atomic mass is 10.1. The fourth-order valence-corrected chi connectivity index (χ4v) is 3.45. The first-order valence-corrected chi connectivity index (χ1v) is 9.31. The van der Waals surface area contributed by atoms with Crippen LogP contribution in [-0.4, -0.2) is 44.6 Å². The van der Waals surface area contributed by atoms with Crippen LogP contribution < -0.4 is 4.72 Å². The molecule has 1 aliphatic rings. The standard InChI is InChI=1S/C15H19ClN2O3S/c1-22(20,21)17-13-6-4-10-18(11-13)15(19)9-8-12-5-2-3-7-14(12)16/h2-3,5,7-9,13,17H,4,6,10-11H2,1H3/b9-8+. The molecule has 7 heteroatoms. The Bertz CT molecular complexity index is 673. The summed E-state index contributed by atoms with van der Waals surface area (Å²) in [7, 11) is -3.26. The van der Waals surface area contributed by atoms with E-state index in [1.54, 1.807) is 17.0 Å². The summed E-state index contributed by atoms with van der Waals surface area (Å²) in [5, 5.41) is 0.585. The Labute approximate surface area is 136 Å². The second kappa shape index (κ2) is 7.26. The zero-order chi connectivity index (χ0) is 16.2. The van der Waals surface area contributed by atoms with E-state index in [1.807, 2.05) is 18.2 Å². The molecule has 120 valence electrons. The van der Waals surface area contributed by atoms with Crippen molar-refractivity contribution in [2.75, 3.05) is 19.3 Å². The molecular weight excluding hydrogens is 324 g/mol. The van der Waals surface area contributed by atoms with Crippen LogP contribution in [0.4, 0.5) is 0 Å². The first-order chi connectivity index (χ1) is 10.3. The molecule has 0 radical (unpaired) electrons. The maximum absolute atomic E-state index is 12.2. The molecule has 0 aliphatic carbocycles. The van der Waals surface area contributed by atoms with E-state index in [1.165, 1.54) is 6.08 Å². The van der Waals surface area contributed by atoms with Crippen LogP contribution in [0, 0.1) is 0 Å². The summed E-state index contributed by atoms with van der Waals surface area (Å²) < 4.78 is 25.1. The van der Waals surface area contributed by atoms with Gasteiger partial charge in [0.15, 0.2) is 0 Å². The van der Waals surface area contributed by atoms with Gasteiger partial charge < -0.3 is 4.90 Å². The second-order valence-corrected chi connectivity index (χ2v) is 7.56. The third-order valence-electron chi connectivity index (χ3n) is 3.42. The minimum absolute atomic E-state index is 0.139. The third-order valence-corrected chi connectivity index (χ3v) is 4.53. The lowest BCUT2D eigenvalue weighted by Gasteiger charge is -2.32. The lowest BCUT2D eigenvalue weighted by molar-refractivity contribution is -0.127. The molecule has 1 aliphatic heterocycles. The van der Waals surface area contributed by atoms with Crippen LogP contribution >= 0.6 is 11.6 Å². The number of halogens is 1. The number of carbonyl (C=O) groups excluding carboxylic acids is 1. The summed E-state index contributed by atoms with van der Waals surface area (Å²) in [6, 6.07) is 7.05. The quantitative estimate of drug-likeness (QED) is 0.850. The van der Waals surface area contributed by atoms with E-state index >= 15 is 0 Å². The molecule has 1 fully saturated rings. The van der Waals surface area contributed by atoms with Crippen LogP contribution in [0.5, 0.6) is 0 Å². The minimum Gasteiger partial charge on any atom is -0.338 e. The summed E-state index contributed by atoms with van der Waals surface area (Å²) in [5.41, 5.74) is 0.778. The molecule has 1 heterocycles. The number of benzene rings is 1. The Hall–Kier alpha value is -1.37. The monoisotopic (exact) mass is 342 g/mol. The molecule has 0 saturated carbocycles. The summed E-state index contributed by atoms with van der Waals surface area (Å²) in [6.45, 7) is 1.02. The van der Waals surface area contributed by atoms with Crippen molar-refractivity contribution in [3.8, 4) is 0 Å². The van der Waals surface area contributed by atoms with Gasteiger partial charge in [0, 0.05) is 30.2 Å². The SMILES string of the molecule is CS(=O)(=O)NC1CCCN(C(=O)/C=C/c2ccccc2Cl)C1. The van der Waals surface area contributed by atoms with Crippen LogP contribution in [0.1, 0.15) is 18.4 Å². The van der Waals surface area contributed by atoms with Gasteiger partial charge in [0.2, 0.25) is 15.9 Å². The van der Waals surface area contributed by atoms with Crippen LogP contribution in [0.3, 0.4) is 0 Å². The predicted molar refractivity (Wildman–Crippen MR) is 88.1 cm³/mol. The summed E-state index contributed by atoms with van der Waals surface area (Å²) in [6.07, 6.45) is 5.80. The summed E-state index contributed by atoms with van der Waals surface area (Å²) >= 11 is 6.04. The molecule has 1 aromatic rings. The Morgan fingerprint density at radius 1 is 1.41 bits per heavy atom. The van der Waals surface area contributed by atoms with E-state index in [-0.39, 0.29) is 11.9 Å². The van der Waals surface area contributed by atoms with Crippen molar-refractivity contribution >= 4 is 33.6 Å². The fourth-order valence-electron chi connectivity index (χ4n) is 2.45. The molecule has 1 amide bonds. The fraction of sp³-hybridized carbons (Fsp3) is 0.400. The molecule has 0 spiro atoms. The van der Waals surface area contributed by atoms with Crippen LogP contribution in [-0.2, 0) is 14.8 Å². The number of hydrogen-bond acceptors (Lipinski definition) is 3. The highest BCUT2D eigenvalue weighted by atomic mass is 35.5. The van der Waals surface area contributed by atoms with Crippen molar-refractivity contribution in [3.05, 3.63) is 40.9 Å². The van der Waals surface area contributed by atoms with Gasteiger partial charge >= 0.3 is 0 Å². The van der Waals surface area contributed by atoms with Crippen LogP contribution in [0.15, 0.2) is 30.3 Å². The number of piperidine rings is 1. The average Bonchev–Trinajstić information content (AvgIpc) is 2.44. The third kappa shape index (κ3) is 5.12. The number of carbonyl (C=O) groups is 1. The molecule has 5 nitrogen and oxygen atoms in total. The summed E-state index contributed by atoms with van der Waals surface area (Å²) in [5.74, 6) is -0.139. The van der Waals surface area contributed by atoms with Gasteiger partial charge in [0.05, 0.1) is 6.26 Å². The Balaban J connectivity index is 1.99. The zero-order valence-electron chi connectivity index (χ0n) is 12.3. The van der Waals surface area contributed by atoms with Crippen molar-refractivity contribution in [1.29, 1.82) is 0 Å². The lowest BCUT2D eigenvalue weighted by Crippen LogP contribution is -2.48. The average molecular weight is 343 g/mol. The molecule has 1 atom stereocenters. The highest BCUT2D eigenvalue weighted by Crippen LogP contribution is 2.17. The molecule has 22 heavy (non-hydrogen) atoms. The number of rotatable bonds is 4. The van der Waals surface area contributed by atoms with Crippen molar-refractivity contribution in [3.63, 3.8) is 0 Å². The number of amides is 1. The minimum atomic E-state index is -3.26. The maximum Gasteiger partial charge on any atom is 0.246 e. The van der Waals surface area contributed by atoms with E-state index in [2.05, 4.69) is 4.72 Å². The Morgan fingerprint density at radius 3 is 2.82 bits per heavy atom. The van der Waals surface area contributed by atoms with E-state index in [4.69, 9.17) is 11.6 Å². The van der Waals surface area contributed by atoms with Crippen molar-refractivity contribution < 1.29 is 13.2 Å². The van der Waals surface area contributed by atoms with E-state index < -0.39 is 10.0 Å². The van der Waals surface area contributed by atoms with Gasteiger partial charge in [-0.25, -0.2) is 13.1 Å². The van der Waals surface area contributed by atoms with E-state index in [0.29, 0.717) is 18.1 Å². The maximum atomic E-state index is 12.2. The molecule has 0 bridgehead atoms. The molecule has 1 unspecified atom stereocenters. The van der Waals surface area contributed by atoms with E-state index in [9.17, 15) is 13.2 Å². The first-order valence-electron chi connectivity index (χ1n) is 7.04. The van der Waals surface area contributed by atoms with Gasteiger partial charge in [-0.3, -0.25) is 4.79 Å². The molecule has 1 aromatic carbocycles. The second-order valence-electron chi connectivity index (χ2n) is 5.37. The first kappa shape index (κ1) is 17.0. The van der Waals surface area contributed by atoms with Gasteiger partial charge in [-0.1, -0.05) is 29.8 Å². The smallest absolute Gasteiger partial charge is 0.246 e. The Morgan fingerprint density at radius 2 is 2.14 bits per heavy atom. The van der Waals surface area contributed by atoms with Crippen molar-refractivity contribution in [1.82, 2.24) is 9.62 Å². The topological polar surface area (TPSA) is 66.5 Å². The number of sulfonamides is 1. The molecular formula is C15H19ClN2O3S. The number of likely N-dealkylation sites (tertiary alicyclic amines) is 1. The Kier molecular flexibility index (Phi) is 5.61. The number of nitrogens with zero attached hydrogens (tertiary/aromatic N) is 1. The molecule has 1 N–H and O–H groups in total. The number of hydrogen-bond donors (Lipinski definition) is 1. The van der Waals surface area contributed by atoms with Gasteiger partial charge in [0.1, 0.15) is 0 Å². The highest BCUT2D eigenvalue weighted by molar-refractivity contribution is 7.88.